The van der Waals surface area contributed by atoms with Gasteiger partial charge in [0.25, 0.3) is 5.91 Å². The third-order valence-corrected chi connectivity index (χ3v) is 5.68. The van der Waals surface area contributed by atoms with Gasteiger partial charge in [-0.3, -0.25) is 14.6 Å². The Kier molecular flexibility index (Phi) is 4.80. The van der Waals surface area contributed by atoms with Crippen molar-refractivity contribution < 1.29 is 19.1 Å². The second kappa shape index (κ2) is 7.14. The first kappa shape index (κ1) is 18.8. The van der Waals surface area contributed by atoms with E-state index in [1.54, 1.807) is 48.5 Å². The molecule has 0 saturated carbocycles. The molecule has 0 N–H and O–H groups in total. The number of amides is 2. The second-order valence-electron chi connectivity index (χ2n) is 6.21. The molecular weight excluding hydrogens is 494 g/mol. The number of hydrazone groups is 1. The molecule has 0 aromatic heterocycles. The lowest BCUT2D eigenvalue weighted by molar-refractivity contribution is -0.133. The Labute approximate surface area is 177 Å². The van der Waals surface area contributed by atoms with Crippen LogP contribution in [-0.4, -0.2) is 36.6 Å². The van der Waals surface area contributed by atoms with E-state index in [9.17, 15) is 14.4 Å². The molecule has 9 heteroatoms. The van der Waals surface area contributed by atoms with E-state index in [0.717, 1.165) is 13.8 Å². The Bertz CT molecular complexity index is 1000. The number of halogens is 2. The highest BCUT2D eigenvalue weighted by molar-refractivity contribution is 9.10. The minimum absolute atomic E-state index is 0.0756. The third kappa shape index (κ3) is 2.94. The number of rotatable bonds is 3. The molecule has 2 aliphatic rings. The van der Waals surface area contributed by atoms with E-state index in [4.69, 9.17) is 4.74 Å². The molecule has 142 valence electrons. The van der Waals surface area contributed by atoms with Gasteiger partial charge in [-0.1, -0.05) is 31.9 Å². The molecule has 0 unspecified atom stereocenters. The Hall–Kier alpha value is -2.52. The molecule has 2 aromatic rings. The summed E-state index contributed by atoms with van der Waals surface area (Å²) >= 11 is 6.70. The molecule has 2 atom stereocenters. The SMILES string of the molecule is COC(=O)C1=NN(c2ccc(Br)cc2)[C@@H]2C(=O)N(c3ccc(Br)cc3)C(=O)[C@@H]12. The molecule has 28 heavy (non-hydrogen) atoms. The van der Waals surface area contributed by atoms with Crippen LogP contribution >= 0.6 is 31.9 Å². The summed E-state index contributed by atoms with van der Waals surface area (Å²) < 4.78 is 6.47. The van der Waals surface area contributed by atoms with E-state index in [-0.39, 0.29) is 5.71 Å². The van der Waals surface area contributed by atoms with E-state index in [1.165, 1.54) is 12.1 Å². The largest absolute Gasteiger partial charge is 0.464 e. The highest BCUT2D eigenvalue weighted by Gasteiger charge is 2.59. The maximum Gasteiger partial charge on any atom is 0.355 e. The number of carbonyl (C=O) groups is 3. The lowest BCUT2D eigenvalue weighted by Gasteiger charge is -2.22. The number of methoxy groups -OCH3 is 1. The van der Waals surface area contributed by atoms with Crippen molar-refractivity contribution >= 4 is 66.7 Å². The Morgan fingerprint density at radius 2 is 1.46 bits per heavy atom. The first-order valence-corrected chi connectivity index (χ1v) is 9.86. The minimum atomic E-state index is -1.02. The van der Waals surface area contributed by atoms with Crippen LogP contribution in [-0.2, 0) is 19.1 Å². The first-order valence-electron chi connectivity index (χ1n) is 8.27. The van der Waals surface area contributed by atoms with Crippen molar-refractivity contribution in [3.63, 3.8) is 0 Å². The standard InChI is InChI=1S/C19H13Br2N3O4/c1-28-19(27)15-14-16(24(22-15)13-8-4-11(21)5-9-13)18(26)23(17(14)25)12-6-2-10(20)3-7-12/h2-9,14,16H,1H3/t14-,16-/m0/s1. The molecule has 0 bridgehead atoms. The van der Waals surface area contributed by atoms with E-state index < -0.39 is 29.7 Å². The van der Waals surface area contributed by atoms with E-state index in [1.807, 2.05) is 0 Å². The van der Waals surface area contributed by atoms with Crippen LogP contribution < -0.4 is 9.91 Å². The first-order chi connectivity index (χ1) is 13.4. The van der Waals surface area contributed by atoms with Crippen LogP contribution in [0.25, 0.3) is 0 Å². The average molecular weight is 507 g/mol. The number of benzene rings is 2. The van der Waals surface area contributed by atoms with Gasteiger partial charge in [0.1, 0.15) is 12.0 Å². The molecule has 0 radical (unpaired) electrons. The molecule has 2 aromatic carbocycles. The van der Waals surface area contributed by atoms with Gasteiger partial charge < -0.3 is 4.74 Å². The van der Waals surface area contributed by atoms with Gasteiger partial charge in [0.05, 0.1) is 18.5 Å². The highest BCUT2D eigenvalue weighted by atomic mass is 79.9. The van der Waals surface area contributed by atoms with Crippen molar-refractivity contribution in [2.45, 2.75) is 6.04 Å². The van der Waals surface area contributed by atoms with Crippen LogP contribution in [0.5, 0.6) is 0 Å². The summed E-state index contributed by atoms with van der Waals surface area (Å²) in [6.45, 7) is 0. The molecule has 0 aliphatic carbocycles. The van der Waals surface area contributed by atoms with Crippen LogP contribution in [0, 0.1) is 5.92 Å². The van der Waals surface area contributed by atoms with Crippen molar-refractivity contribution in [3.05, 3.63) is 57.5 Å². The molecule has 1 fully saturated rings. The summed E-state index contributed by atoms with van der Waals surface area (Å²) in [6, 6.07) is 13.0. The van der Waals surface area contributed by atoms with Gasteiger partial charge in [0.2, 0.25) is 5.91 Å². The summed E-state index contributed by atoms with van der Waals surface area (Å²) in [5, 5.41) is 5.69. The fourth-order valence-corrected chi connectivity index (χ4v) is 3.87. The van der Waals surface area contributed by atoms with Crippen LogP contribution in [0.4, 0.5) is 11.4 Å². The molecule has 7 nitrogen and oxygen atoms in total. The van der Waals surface area contributed by atoms with Gasteiger partial charge in [-0.2, -0.15) is 5.10 Å². The zero-order valence-electron chi connectivity index (χ0n) is 14.5. The van der Waals surface area contributed by atoms with E-state index >= 15 is 0 Å². The summed E-state index contributed by atoms with van der Waals surface area (Å²) in [6.07, 6.45) is 0. The quantitative estimate of drug-likeness (QED) is 0.472. The molecule has 2 heterocycles. The smallest absolute Gasteiger partial charge is 0.355 e. The number of hydrogen-bond donors (Lipinski definition) is 0. The number of ether oxygens (including phenoxy) is 1. The lowest BCUT2D eigenvalue weighted by Crippen LogP contribution is -2.39. The number of fused-ring (bicyclic) bond motifs is 1. The number of imide groups is 1. The number of anilines is 2. The number of carbonyl (C=O) groups excluding carboxylic acids is 3. The normalized spacial score (nSPS) is 21.0. The zero-order chi connectivity index (χ0) is 20.0. The van der Waals surface area contributed by atoms with Crippen LogP contribution in [0.3, 0.4) is 0 Å². The number of hydrogen-bond acceptors (Lipinski definition) is 6. The van der Waals surface area contributed by atoms with Crippen molar-refractivity contribution in [2.24, 2.45) is 11.0 Å². The van der Waals surface area contributed by atoms with Gasteiger partial charge in [0.15, 0.2) is 5.71 Å². The maximum atomic E-state index is 13.2. The lowest BCUT2D eigenvalue weighted by atomic mass is 9.98. The van der Waals surface area contributed by atoms with Crippen LogP contribution in [0.2, 0.25) is 0 Å². The average Bonchev–Trinajstić information content (AvgIpc) is 3.20. The fourth-order valence-electron chi connectivity index (χ4n) is 3.34. The van der Waals surface area contributed by atoms with Crippen molar-refractivity contribution in [2.75, 3.05) is 17.0 Å². The summed E-state index contributed by atoms with van der Waals surface area (Å²) in [5.74, 6) is -2.69. The zero-order valence-corrected chi connectivity index (χ0v) is 17.7. The summed E-state index contributed by atoms with van der Waals surface area (Å²) in [7, 11) is 1.22. The van der Waals surface area contributed by atoms with Crippen molar-refractivity contribution in [1.29, 1.82) is 0 Å². The van der Waals surface area contributed by atoms with Crippen LogP contribution in [0.15, 0.2) is 62.6 Å². The molecular formula is C19H13Br2N3O4. The van der Waals surface area contributed by atoms with Gasteiger partial charge in [-0.15, -0.1) is 0 Å². The van der Waals surface area contributed by atoms with Gasteiger partial charge in [-0.05, 0) is 48.5 Å². The Morgan fingerprint density at radius 3 is 2.00 bits per heavy atom. The molecule has 0 spiro atoms. The minimum Gasteiger partial charge on any atom is -0.464 e. The monoisotopic (exact) mass is 505 g/mol. The van der Waals surface area contributed by atoms with Crippen molar-refractivity contribution in [1.82, 2.24) is 0 Å². The topological polar surface area (TPSA) is 79.3 Å². The predicted molar refractivity (Wildman–Crippen MR) is 110 cm³/mol. The number of nitrogens with zero attached hydrogens (tertiary/aromatic N) is 3. The molecule has 2 aliphatic heterocycles. The van der Waals surface area contributed by atoms with Crippen LogP contribution in [0.1, 0.15) is 0 Å². The van der Waals surface area contributed by atoms with Gasteiger partial charge >= 0.3 is 5.97 Å². The second-order valence-corrected chi connectivity index (χ2v) is 8.04. The summed E-state index contributed by atoms with van der Waals surface area (Å²) in [5.41, 5.74) is 0.955. The molecule has 1 saturated heterocycles. The third-order valence-electron chi connectivity index (χ3n) is 4.62. The maximum absolute atomic E-state index is 13.2. The number of esters is 1. The molecule has 4 rings (SSSR count). The highest BCUT2D eigenvalue weighted by Crippen LogP contribution is 2.38. The fraction of sp³-hybridized carbons (Fsp3) is 0.158. The summed E-state index contributed by atoms with van der Waals surface area (Å²) in [4.78, 5) is 39.7. The predicted octanol–water partition coefficient (Wildman–Crippen LogP) is 3.12. The van der Waals surface area contributed by atoms with Gasteiger partial charge in [0, 0.05) is 8.95 Å². The van der Waals surface area contributed by atoms with E-state index in [0.29, 0.717) is 11.4 Å². The van der Waals surface area contributed by atoms with Crippen molar-refractivity contribution in [3.8, 4) is 0 Å². The molecule has 2 amide bonds. The Balaban J connectivity index is 1.79. The Morgan fingerprint density at radius 1 is 0.929 bits per heavy atom. The van der Waals surface area contributed by atoms with Gasteiger partial charge in [-0.25, -0.2) is 9.69 Å². The van der Waals surface area contributed by atoms with E-state index in [2.05, 4.69) is 37.0 Å².